The van der Waals surface area contributed by atoms with Gasteiger partial charge in [-0.1, -0.05) is 0 Å². The van der Waals surface area contributed by atoms with Gasteiger partial charge in [0.15, 0.2) is 11.5 Å². The third-order valence-corrected chi connectivity index (χ3v) is 7.82. The Bertz CT molecular complexity index is 1650. The predicted octanol–water partition coefficient (Wildman–Crippen LogP) is 4.16. The van der Waals surface area contributed by atoms with E-state index >= 15 is 0 Å². The maximum atomic E-state index is 13.4. The number of hydrogen-bond acceptors (Lipinski definition) is 9. The summed E-state index contributed by atoms with van der Waals surface area (Å²) < 4.78 is 52.7. The van der Waals surface area contributed by atoms with Gasteiger partial charge in [-0.2, -0.15) is 18.3 Å². The molecular weight excluding hydrogens is 603 g/mol. The molecule has 2 amide bonds. The number of piperazine rings is 1. The Hall–Kier alpha value is -4.47. The van der Waals surface area contributed by atoms with Gasteiger partial charge in [0.1, 0.15) is 24.7 Å². The number of fused-ring (bicyclic) bond motifs is 3. The fraction of sp³-hybridized carbons (Fsp3) is 0.419. The number of halogens is 3. The number of alkyl halides is 3. The number of anilines is 3. The fourth-order valence-electron chi connectivity index (χ4n) is 5.75. The van der Waals surface area contributed by atoms with Crippen LogP contribution in [-0.2, 0) is 11.3 Å². The summed E-state index contributed by atoms with van der Waals surface area (Å²) in [7, 11) is 5.98. The van der Waals surface area contributed by atoms with Gasteiger partial charge in [0.2, 0.25) is 0 Å². The topological polar surface area (TPSA) is 113 Å². The van der Waals surface area contributed by atoms with Crippen molar-refractivity contribution in [2.24, 2.45) is 0 Å². The van der Waals surface area contributed by atoms with Crippen molar-refractivity contribution in [2.45, 2.75) is 24.8 Å². The Labute approximate surface area is 264 Å². The van der Waals surface area contributed by atoms with Crippen LogP contribution in [0.5, 0.6) is 5.75 Å². The lowest BCUT2D eigenvalue weighted by molar-refractivity contribution is -0.141. The number of carbonyl (C=O) groups is 1. The lowest BCUT2D eigenvalue weighted by Crippen LogP contribution is -2.64. The average Bonchev–Trinajstić information content (AvgIpc) is 3.38. The second kappa shape index (κ2) is 13.1. The third-order valence-electron chi connectivity index (χ3n) is 7.82. The third kappa shape index (κ3) is 7.32. The van der Waals surface area contributed by atoms with Crippen LogP contribution in [0.1, 0.15) is 0 Å². The smallest absolute Gasteiger partial charge is 0.408 e. The highest BCUT2D eigenvalue weighted by molar-refractivity contribution is 6.00. The molecule has 0 radical (unpaired) electrons. The van der Waals surface area contributed by atoms with Crippen LogP contribution in [-0.4, -0.2) is 114 Å². The van der Waals surface area contributed by atoms with Gasteiger partial charge in [-0.15, -0.1) is 0 Å². The molecule has 4 aromatic rings. The van der Waals surface area contributed by atoms with Crippen LogP contribution in [0.2, 0.25) is 0 Å². The number of nitrogens with one attached hydrogen (secondary N) is 2. The fourth-order valence-corrected chi connectivity index (χ4v) is 5.75. The summed E-state index contributed by atoms with van der Waals surface area (Å²) in [5.74, 6) is 1.50. The largest absolute Gasteiger partial charge is 0.492 e. The van der Waals surface area contributed by atoms with Crippen LogP contribution in [0.4, 0.5) is 35.2 Å². The van der Waals surface area contributed by atoms with E-state index in [9.17, 15) is 18.0 Å². The molecule has 2 aromatic heterocycles. The number of hydrogen-bond donors (Lipinski definition) is 2. The van der Waals surface area contributed by atoms with Crippen LogP contribution in [0, 0.1) is 0 Å². The van der Waals surface area contributed by atoms with E-state index in [2.05, 4.69) is 30.5 Å². The highest BCUT2D eigenvalue weighted by Gasteiger charge is 2.39. The molecule has 15 heteroatoms. The van der Waals surface area contributed by atoms with Crippen molar-refractivity contribution in [1.29, 1.82) is 0 Å². The van der Waals surface area contributed by atoms with Crippen molar-refractivity contribution < 1.29 is 27.4 Å². The first-order valence-corrected chi connectivity index (χ1v) is 14.9. The van der Waals surface area contributed by atoms with E-state index in [1.165, 1.54) is 6.20 Å². The van der Waals surface area contributed by atoms with E-state index in [-0.39, 0.29) is 23.6 Å². The average molecular weight is 640 g/mol. The predicted molar refractivity (Wildman–Crippen MR) is 168 cm³/mol. The molecule has 12 nitrogen and oxygen atoms in total. The van der Waals surface area contributed by atoms with Crippen molar-refractivity contribution in [1.82, 2.24) is 29.5 Å². The van der Waals surface area contributed by atoms with Crippen LogP contribution in [0.25, 0.3) is 22.4 Å². The van der Waals surface area contributed by atoms with Gasteiger partial charge in [0.25, 0.3) is 0 Å². The maximum Gasteiger partial charge on any atom is 0.408 e. The molecule has 0 aliphatic carbocycles. The van der Waals surface area contributed by atoms with Crippen molar-refractivity contribution in [3.8, 4) is 17.1 Å². The summed E-state index contributed by atoms with van der Waals surface area (Å²) in [6.45, 7) is 2.49. The first-order valence-electron chi connectivity index (χ1n) is 14.9. The van der Waals surface area contributed by atoms with Gasteiger partial charge in [-0.3, -0.25) is 0 Å². The van der Waals surface area contributed by atoms with Gasteiger partial charge in [-0.25, -0.2) is 19.4 Å². The van der Waals surface area contributed by atoms with Gasteiger partial charge >= 0.3 is 12.2 Å². The number of morpholine rings is 1. The number of benzene rings is 2. The van der Waals surface area contributed by atoms with Crippen LogP contribution >= 0.6 is 0 Å². The van der Waals surface area contributed by atoms with Crippen molar-refractivity contribution in [3.63, 3.8) is 0 Å². The zero-order valence-corrected chi connectivity index (χ0v) is 25.8. The van der Waals surface area contributed by atoms with Crippen molar-refractivity contribution in [3.05, 3.63) is 54.7 Å². The minimum Gasteiger partial charge on any atom is -0.492 e. The minimum atomic E-state index is -4.47. The molecule has 4 heterocycles. The Morgan fingerprint density at radius 3 is 2.24 bits per heavy atom. The molecule has 2 aromatic carbocycles. The number of urea groups is 1. The summed E-state index contributed by atoms with van der Waals surface area (Å²) in [5, 5.41) is 10.1. The lowest BCUT2D eigenvalue weighted by Gasteiger charge is -2.49. The number of ether oxygens (including phenoxy) is 2. The normalized spacial score (nSPS) is 18.6. The maximum absolute atomic E-state index is 13.4. The lowest BCUT2D eigenvalue weighted by atomic mass is 10.0. The summed E-state index contributed by atoms with van der Waals surface area (Å²) in [6.07, 6.45) is -3.06. The molecule has 2 aliphatic heterocycles. The molecule has 0 saturated carbocycles. The molecule has 0 spiro atoms. The highest BCUT2D eigenvalue weighted by atomic mass is 19.4. The van der Waals surface area contributed by atoms with E-state index in [1.807, 2.05) is 26.0 Å². The molecule has 2 fully saturated rings. The van der Waals surface area contributed by atoms with Crippen molar-refractivity contribution in [2.75, 3.05) is 76.1 Å². The summed E-state index contributed by atoms with van der Waals surface area (Å²) in [6, 6.07) is 13.4. The number of amides is 2. The molecule has 2 N–H and O–H groups in total. The monoisotopic (exact) mass is 639 g/mol. The zero-order valence-electron chi connectivity index (χ0n) is 25.8. The van der Waals surface area contributed by atoms with E-state index < -0.39 is 18.8 Å². The summed E-state index contributed by atoms with van der Waals surface area (Å²) >= 11 is 0. The van der Waals surface area contributed by atoms with Gasteiger partial charge in [0.05, 0.1) is 36.9 Å². The van der Waals surface area contributed by atoms with E-state index in [1.54, 1.807) is 48.5 Å². The Balaban J connectivity index is 1.21. The van der Waals surface area contributed by atoms with Crippen LogP contribution in [0.3, 0.4) is 0 Å². The minimum absolute atomic E-state index is 0.0219. The number of aromatic nitrogens is 4. The number of rotatable bonds is 9. The summed E-state index contributed by atoms with van der Waals surface area (Å²) in [4.78, 5) is 28.5. The first kappa shape index (κ1) is 31.5. The second-order valence-corrected chi connectivity index (χ2v) is 11.8. The standard InChI is InChI=1S/C31H36F3N9O3/c1-40(2)12-13-46-25-10-8-22(9-11-25)37-30(44)36-21-6-4-20(5-7-21)27-38-28-26(14-35-42(28)19-31(32,33)34)29(39-27)43-23-15-41(3)16-24(43)18-45-17-23/h4-11,14,23-24H,12-13,15-19H2,1-3H3,(H2,36,37,44). The Kier molecular flexibility index (Phi) is 8.97. The Morgan fingerprint density at radius 1 is 1.00 bits per heavy atom. The van der Waals surface area contributed by atoms with Crippen LogP contribution in [0.15, 0.2) is 54.7 Å². The molecule has 2 aliphatic rings. The summed E-state index contributed by atoms with van der Waals surface area (Å²) in [5.41, 5.74) is 1.79. The molecule has 46 heavy (non-hydrogen) atoms. The molecule has 6 rings (SSSR count). The first-order chi connectivity index (χ1) is 22.0. The SMILES string of the molecule is CN(C)CCOc1ccc(NC(=O)Nc2ccc(-c3nc(N4C5COCC4CN(C)C5)c4cnn(CC(F)(F)F)c4n3)cc2)cc1. The molecule has 2 saturated heterocycles. The van der Waals surface area contributed by atoms with E-state index in [0.29, 0.717) is 53.7 Å². The van der Waals surface area contributed by atoms with Gasteiger partial charge in [-0.05, 0) is 69.7 Å². The molecule has 244 valence electrons. The Morgan fingerprint density at radius 2 is 1.63 bits per heavy atom. The van der Waals surface area contributed by atoms with E-state index in [4.69, 9.17) is 14.5 Å². The second-order valence-electron chi connectivity index (χ2n) is 11.8. The molecular formula is C31H36F3N9O3. The quantitative estimate of drug-likeness (QED) is 0.279. The number of carbonyl (C=O) groups excluding carboxylic acids is 1. The molecule has 2 atom stereocenters. The molecule has 2 bridgehead atoms. The van der Waals surface area contributed by atoms with Gasteiger partial charge in [0, 0.05) is 36.6 Å². The van der Waals surface area contributed by atoms with Crippen LogP contribution < -0.4 is 20.3 Å². The number of likely N-dealkylation sites (N-methyl/N-ethyl adjacent to an activating group) is 2. The number of nitrogens with zero attached hydrogens (tertiary/aromatic N) is 7. The highest BCUT2D eigenvalue weighted by Crippen LogP contribution is 2.34. The van der Waals surface area contributed by atoms with E-state index in [0.717, 1.165) is 24.3 Å². The molecule has 2 unspecified atom stereocenters. The van der Waals surface area contributed by atoms with Gasteiger partial charge < -0.3 is 34.8 Å². The van der Waals surface area contributed by atoms with Crippen molar-refractivity contribution >= 4 is 34.3 Å². The zero-order chi connectivity index (χ0) is 32.4.